The molecular formula is C18H21N3O2. The van der Waals surface area contributed by atoms with E-state index in [0.29, 0.717) is 12.1 Å². The molecule has 2 amide bonds. The summed E-state index contributed by atoms with van der Waals surface area (Å²) in [6.07, 6.45) is 1.67. The lowest BCUT2D eigenvalue weighted by Gasteiger charge is -2.31. The summed E-state index contributed by atoms with van der Waals surface area (Å²) in [6.45, 7) is 1.86. The third-order valence-electron chi connectivity index (χ3n) is 4.34. The van der Waals surface area contributed by atoms with Gasteiger partial charge in [0.05, 0.1) is 6.54 Å². The van der Waals surface area contributed by atoms with Crippen LogP contribution in [-0.2, 0) is 4.79 Å². The molecule has 1 fully saturated rings. The number of fused-ring (bicyclic) bond motifs is 1. The monoisotopic (exact) mass is 311 g/mol. The number of nitrogens with two attached hydrogens (primary N) is 1. The second kappa shape index (κ2) is 6.79. The molecular weight excluding hydrogens is 290 g/mol. The summed E-state index contributed by atoms with van der Waals surface area (Å²) in [5.74, 6) is -0.335. The molecule has 120 valence electrons. The molecule has 3 N–H and O–H groups in total. The molecule has 0 unspecified atom stereocenters. The summed E-state index contributed by atoms with van der Waals surface area (Å²) in [4.78, 5) is 25.6. The van der Waals surface area contributed by atoms with Gasteiger partial charge < -0.3 is 11.1 Å². The van der Waals surface area contributed by atoms with Gasteiger partial charge in [-0.1, -0.05) is 36.4 Å². The van der Waals surface area contributed by atoms with Gasteiger partial charge in [-0.3, -0.25) is 14.5 Å². The largest absolute Gasteiger partial charge is 0.369 e. The number of nitrogens with one attached hydrogen (secondary N) is 1. The van der Waals surface area contributed by atoms with Gasteiger partial charge in [-0.2, -0.15) is 0 Å². The van der Waals surface area contributed by atoms with Crippen LogP contribution >= 0.6 is 0 Å². The number of hydrogen-bond acceptors (Lipinski definition) is 3. The lowest BCUT2D eigenvalue weighted by atomic mass is 10.0. The quantitative estimate of drug-likeness (QED) is 0.899. The van der Waals surface area contributed by atoms with Crippen molar-refractivity contribution >= 4 is 22.6 Å². The summed E-state index contributed by atoms with van der Waals surface area (Å²) < 4.78 is 0. The number of rotatable bonds is 4. The van der Waals surface area contributed by atoms with E-state index >= 15 is 0 Å². The minimum Gasteiger partial charge on any atom is -0.369 e. The highest BCUT2D eigenvalue weighted by atomic mass is 16.2. The molecule has 1 aliphatic rings. The first-order valence-corrected chi connectivity index (χ1v) is 7.93. The maximum Gasteiger partial charge on any atom is 0.252 e. The number of benzene rings is 2. The fourth-order valence-electron chi connectivity index (χ4n) is 3.14. The Morgan fingerprint density at radius 2 is 1.78 bits per heavy atom. The molecule has 3 rings (SSSR count). The number of hydrogen-bond donors (Lipinski definition) is 2. The average molecular weight is 311 g/mol. The van der Waals surface area contributed by atoms with E-state index in [0.717, 1.165) is 36.7 Å². The normalized spacial score (nSPS) is 16.3. The van der Waals surface area contributed by atoms with Gasteiger partial charge in [-0.05, 0) is 29.7 Å². The van der Waals surface area contributed by atoms with E-state index < -0.39 is 0 Å². The van der Waals surface area contributed by atoms with Gasteiger partial charge in [0.25, 0.3) is 5.91 Å². The summed E-state index contributed by atoms with van der Waals surface area (Å²) in [6, 6.07) is 13.8. The third-order valence-corrected chi connectivity index (χ3v) is 4.34. The molecule has 0 aromatic heterocycles. The lowest BCUT2D eigenvalue weighted by Crippen LogP contribution is -2.46. The molecule has 0 aliphatic carbocycles. The van der Waals surface area contributed by atoms with Crippen LogP contribution in [0.1, 0.15) is 23.2 Å². The number of carbonyl (C=O) groups is 2. The molecule has 0 radical (unpaired) electrons. The maximum absolute atomic E-state index is 12.6. The SMILES string of the molecule is NC(=O)CN1CCC(NC(=O)c2cccc3ccccc23)CC1. The summed E-state index contributed by atoms with van der Waals surface area (Å²) >= 11 is 0. The molecule has 1 saturated heterocycles. The molecule has 2 aromatic carbocycles. The van der Waals surface area contributed by atoms with Crippen LogP contribution in [0.15, 0.2) is 42.5 Å². The zero-order valence-electron chi connectivity index (χ0n) is 13.0. The Hall–Kier alpha value is -2.40. The molecule has 23 heavy (non-hydrogen) atoms. The number of nitrogens with zero attached hydrogens (tertiary/aromatic N) is 1. The first-order chi connectivity index (χ1) is 11.1. The van der Waals surface area contributed by atoms with Gasteiger partial charge in [0.15, 0.2) is 0 Å². The molecule has 0 saturated carbocycles. The molecule has 2 aromatic rings. The van der Waals surface area contributed by atoms with Crippen molar-refractivity contribution in [2.75, 3.05) is 19.6 Å². The smallest absolute Gasteiger partial charge is 0.252 e. The first kappa shape index (κ1) is 15.5. The Labute approximate surface area is 135 Å². The Kier molecular flexibility index (Phi) is 4.57. The number of likely N-dealkylation sites (tertiary alicyclic amines) is 1. The van der Waals surface area contributed by atoms with Gasteiger partial charge in [-0.25, -0.2) is 0 Å². The van der Waals surface area contributed by atoms with Gasteiger partial charge in [0.2, 0.25) is 5.91 Å². The van der Waals surface area contributed by atoms with Crippen molar-refractivity contribution in [2.45, 2.75) is 18.9 Å². The van der Waals surface area contributed by atoms with Crippen LogP contribution in [0.2, 0.25) is 0 Å². The van der Waals surface area contributed by atoms with Crippen molar-refractivity contribution in [3.05, 3.63) is 48.0 Å². The van der Waals surface area contributed by atoms with Crippen molar-refractivity contribution in [2.24, 2.45) is 5.73 Å². The van der Waals surface area contributed by atoms with Crippen molar-refractivity contribution < 1.29 is 9.59 Å². The Balaban J connectivity index is 1.65. The van der Waals surface area contributed by atoms with Crippen LogP contribution in [-0.4, -0.2) is 42.4 Å². The van der Waals surface area contributed by atoms with Crippen molar-refractivity contribution in [3.63, 3.8) is 0 Å². The fraction of sp³-hybridized carbons (Fsp3) is 0.333. The molecule has 1 aliphatic heterocycles. The zero-order chi connectivity index (χ0) is 16.2. The molecule has 0 spiro atoms. The van der Waals surface area contributed by atoms with Crippen LogP contribution in [0.5, 0.6) is 0 Å². The predicted molar refractivity (Wildman–Crippen MR) is 90.1 cm³/mol. The van der Waals surface area contributed by atoms with Crippen LogP contribution < -0.4 is 11.1 Å². The second-order valence-corrected chi connectivity index (χ2v) is 6.02. The maximum atomic E-state index is 12.6. The Morgan fingerprint density at radius 1 is 1.09 bits per heavy atom. The zero-order valence-corrected chi connectivity index (χ0v) is 13.0. The Bertz CT molecular complexity index is 716. The number of amides is 2. The predicted octanol–water partition coefficient (Wildman–Crippen LogP) is 1.52. The minimum atomic E-state index is -0.303. The molecule has 5 nitrogen and oxygen atoms in total. The topological polar surface area (TPSA) is 75.4 Å². The van der Waals surface area contributed by atoms with Gasteiger partial charge in [0, 0.05) is 24.7 Å². The van der Waals surface area contributed by atoms with E-state index in [2.05, 4.69) is 5.32 Å². The number of piperidine rings is 1. The average Bonchev–Trinajstić information content (AvgIpc) is 2.55. The minimum absolute atomic E-state index is 0.0323. The van der Waals surface area contributed by atoms with Crippen molar-refractivity contribution in [3.8, 4) is 0 Å². The van der Waals surface area contributed by atoms with E-state index in [9.17, 15) is 9.59 Å². The summed E-state index contributed by atoms with van der Waals surface area (Å²) in [5.41, 5.74) is 5.93. The molecule has 1 heterocycles. The Morgan fingerprint density at radius 3 is 2.52 bits per heavy atom. The summed E-state index contributed by atoms with van der Waals surface area (Å²) in [7, 11) is 0. The van der Waals surface area contributed by atoms with E-state index in [1.807, 2.05) is 47.4 Å². The van der Waals surface area contributed by atoms with Crippen LogP contribution in [0.3, 0.4) is 0 Å². The number of primary amides is 1. The van der Waals surface area contributed by atoms with Crippen molar-refractivity contribution in [1.82, 2.24) is 10.2 Å². The van der Waals surface area contributed by atoms with Crippen molar-refractivity contribution in [1.29, 1.82) is 0 Å². The van der Waals surface area contributed by atoms with Crippen LogP contribution in [0.25, 0.3) is 10.8 Å². The summed E-state index contributed by atoms with van der Waals surface area (Å²) in [5, 5.41) is 5.16. The highest BCUT2D eigenvalue weighted by Gasteiger charge is 2.22. The van der Waals surface area contributed by atoms with Gasteiger partial charge >= 0.3 is 0 Å². The first-order valence-electron chi connectivity index (χ1n) is 7.93. The standard InChI is InChI=1S/C18H21N3O2/c19-17(22)12-21-10-8-14(9-11-21)20-18(23)16-7-3-5-13-4-1-2-6-15(13)16/h1-7,14H,8-12H2,(H2,19,22)(H,20,23). The van der Waals surface area contributed by atoms with Gasteiger partial charge in [-0.15, -0.1) is 0 Å². The van der Waals surface area contributed by atoms with E-state index in [1.165, 1.54) is 0 Å². The fourth-order valence-corrected chi connectivity index (χ4v) is 3.14. The highest BCUT2D eigenvalue weighted by molar-refractivity contribution is 6.07. The van der Waals surface area contributed by atoms with E-state index in [-0.39, 0.29) is 17.9 Å². The molecule has 0 atom stereocenters. The molecule has 5 heteroatoms. The second-order valence-electron chi connectivity index (χ2n) is 6.02. The third kappa shape index (κ3) is 3.68. The lowest BCUT2D eigenvalue weighted by molar-refractivity contribution is -0.119. The van der Waals surface area contributed by atoms with E-state index in [1.54, 1.807) is 0 Å². The molecule has 0 bridgehead atoms. The van der Waals surface area contributed by atoms with Crippen LogP contribution in [0.4, 0.5) is 0 Å². The van der Waals surface area contributed by atoms with Crippen LogP contribution in [0, 0.1) is 0 Å². The highest BCUT2D eigenvalue weighted by Crippen LogP contribution is 2.19. The van der Waals surface area contributed by atoms with E-state index in [4.69, 9.17) is 5.73 Å². The number of carbonyl (C=O) groups excluding carboxylic acids is 2. The van der Waals surface area contributed by atoms with Gasteiger partial charge in [0.1, 0.15) is 0 Å².